The van der Waals surface area contributed by atoms with Gasteiger partial charge in [-0.1, -0.05) is 76.5 Å². The average Bonchev–Trinajstić information content (AvgIpc) is 4.11. The van der Waals surface area contributed by atoms with Crippen LogP contribution in [0.15, 0.2) is 35.5 Å². The standard InChI is InChI=1S/C52H80N4O10S2/c1-9-34(4)48(45(64-7)29-47(60)55-23-16-19-42(55)50(65-8)35(5)43(57)27-38(52(62)63)25-36-17-12-10-13-18-36)54(6)51(61)41(33(2)3)28-44(58)49-37-21-22-40(26-37)56(49)46(59)20-14-11-15-24-66-53-39-30-67-32-68-31-39/h10,12-13,17-18,33-35,37-38,40-42,45,48-50H,9,11,14-16,19-32H2,1-8H3,(H,62,63)/t34-,35-,37-,38+,40+,41-,42-,45+,48-,49-,50+/m0/s1. The van der Waals surface area contributed by atoms with E-state index in [0.29, 0.717) is 45.3 Å². The van der Waals surface area contributed by atoms with Crippen LogP contribution in [-0.4, -0.2) is 148 Å². The molecule has 16 heteroatoms. The van der Waals surface area contributed by atoms with Crippen LogP contribution in [0, 0.1) is 35.5 Å². The maximum Gasteiger partial charge on any atom is 0.307 e. The minimum atomic E-state index is -1.03. The number of aliphatic carboxylic acids is 1. The molecule has 1 saturated carbocycles. The Morgan fingerprint density at radius 1 is 0.897 bits per heavy atom. The first kappa shape index (κ1) is 55.5. The summed E-state index contributed by atoms with van der Waals surface area (Å²) in [5, 5.41) is 15.4. The molecular formula is C52H80N4O10S2. The number of fused-ring (bicyclic) bond motifs is 2. The Labute approximate surface area is 414 Å². The molecule has 14 nitrogen and oxygen atoms in total. The number of hydrogen-bond donors (Lipinski definition) is 1. The third kappa shape index (κ3) is 14.6. The van der Waals surface area contributed by atoms with E-state index in [1.807, 2.05) is 86.5 Å². The van der Waals surface area contributed by atoms with Crippen molar-refractivity contribution in [3.8, 4) is 0 Å². The number of benzene rings is 1. The summed E-state index contributed by atoms with van der Waals surface area (Å²) in [5.41, 5.74) is 1.92. The maximum absolute atomic E-state index is 14.8. The molecule has 1 N–H and O–H groups in total. The van der Waals surface area contributed by atoms with Crippen molar-refractivity contribution in [1.82, 2.24) is 14.7 Å². The lowest BCUT2D eigenvalue weighted by Crippen LogP contribution is -2.54. The summed E-state index contributed by atoms with van der Waals surface area (Å²) < 4.78 is 12.1. The molecule has 380 valence electrons. The Bertz CT molecular complexity index is 1860. The largest absolute Gasteiger partial charge is 0.481 e. The number of carbonyl (C=O) groups is 6. The van der Waals surface area contributed by atoms with Gasteiger partial charge >= 0.3 is 5.97 Å². The van der Waals surface area contributed by atoms with Crippen LogP contribution in [0.3, 0.4) is 0 Å². The van der Waals surface area contributed by atoms with Crippen molar-refractivity contribution < 1.29 is 48.2 Å². The van der Waals surface area contributed by atoms with Gasteiger partial charge in [0.15, 0.2) is 5.78 Å². The molecule has 0 aromatic heterocycles. The second kappa shape index (κ2) is 27.2. The summed E-state index contributed by atoms with van der Waals surface area (Å²) >= 11 is 3.70. The highest BCUT2D eigenvalue weighted by Crippen LogP contribution is 2.44. The van der Waals surface area contributed by atoms with E-state index in [1.54, 1.807) is 30.9 Å². The number of Topliss-reactive ketones (excluding diaryl/α,β-unsaturated/α-hetero) is 2. The second-order valence-corrected chi connectivity index (χ2v) is 22.4. The summed E-state index contributed by atoms with van der Waals surface area (Å²) in [6, 6.07) is 7.92. The lowest BCUT2D eigenvalue weighted by molar-refractivity contribution is -0.150. The van der Waals surface area contributed by atoms with E-state index in [4.69, 9.17) is 14.3 Å². The van der Waals surface area contributed by atoms with Gasteiger partial charge in [0.1, 0.15) is 12.4 Å². The minimum Gasteiger partial charge on any atom is -0.481 e. The summed E-state index contributed by atoms with van der Waals surface area (Å²) in [6.07, 6.45) is 6.21. The van der Waals surface area contributed by atoms with Crippen LogP contribution in [-0.2, 0) is 49.5 Å². The number of thioether (sulfide) groups is 2. The van der Waals surface area contributed by atoms with E-state index < -0.39 is 54.1 Å². The molecule has 11 atom stereocenters. The number of likely N-dealkylation sites (N-methyl/N-ethyl adjacent to an activating group) is 1. The monoisotopic (exact) mass is 985 g/mol. The normalized spacial score (nSPS) is 23.4. The molecular weight excluding hydrogens is 905 g/mol. The first-order valence-corrected chi connectivity index (χ1v) is 27.5. The Balaban J connectivity index is 1.20. The molecule has 0 spiro atoms. The number of methoxy groups -OCH3 is 2. The van der Waals surface area contributed by atoms with Gasteiger partial charge in [-0.25, -0.2) is 0 Å². The maximum atomic E-state index is 14.8. The first-order valence-electron chi connectivity index (χ1n) is 25.2. The quantitative estimate of drug-likeness (QED) is 0.0639. The van der Waals surface area contributed by atoms with E-state index >= 15 is 0 Å². The molecule has 4 fully saturated rings. The Kier molecular flexibility index (Phi) is 22.2. The number of nitrogens with zero attached hydrogens (tertiary/aromatic N) is 4. The fourth-order valence-electron chi connectivity index (χ4n) is 11.2. The van der Waals surface area contributed by atoms with E-state index in [1.165, 1.54) is 7.11 Å². The predicted octanol–water partition coefficient (Wildman–Crippen LogP) is 7.79. The van der Waals surface area contributed by atoms with Crippen LogP contribution in [0.5, 0.6) is 0 Å². The second-order valence-electron chi connectivity index (χ2n) is 20.1. The lowest BCUT2D eigenvalue weighted by atomic mass is 9.83. The molecule has 1 aliphatic carbocycles. The van der Waals surface area contributed by atoms with Gasteiger partial charge < -0.3 is 34.1 Å². The van der Waals surface area contributed by atoms with Crippen molar-refractivity contribution in [2.45, 2.75) is 161 Å². The number of ether oxygens (including phenoxy) is 2. The van der Waals surface area contributed by atoms with Crippen molar-refractivity contribution in [3.05, 3.63) is 35.9 Å². The number of oxime groups is 1. The zero-order valence-corrected chi connectivity index (χ0v) is 43.6. The van der Waals surface area contributed by atoms with Crippen LogP contribution in [0.25, 0.3) is 0 Å². The highest BCUT2D eigenvalue weighted by atomic mass is 32.2. The fraction of sp³-hybridized carbons (Fsp3) is 0.750. The number of likely N-dealkylation sites (tertiary alicyclic amines) is 2. The topological polar surface area (TPSA) is 172 Å². The number of carbonyl (C=O) groups excluding carboxylic acids is 5. The van der Waals surface area contributed by atoms with Crippen molar-refractivity contribution in [2.24, 2.45) is 40.7 Å². The molecule has 2 bridgehead atoms. The SMILES string of the molecule is CC[C@H](C)[C@@H]([C@@H](CC(=O)N1CCC[C@H]1[C@H](OC)[C@@H](C)C(=O)C[C@@H](Cc1ccccc1)C(=O)O)OC)N(C)C(=O)[C@@H](CC(=O)[C@@H]1[C@H]2CC[C@H](C2)N1C(=O)CCCCCON=C1CSCSC1)C(C)C. The van der Waals surface area contributed by atoms with Gasteiger partial charge in [0.05, 0.1) is 48.4 Å². The molecule has 0 unspecified atom stereocenters. The summed E-state index contributed by atoms with van der Waals surface area (Å²) in [4.78, 5) is 94.3. The summed E-state index contributed by atoms with van der Waals surface area (Å²) in [5.74, 6) is -2.11. The molecule has 3 amide bonds. The number of ketones is 2. The molecule has 4 aliphatic rings. The third-order valence-electron chi connectivity index (χ3n) is 15.2. The zero-order chi connectivity index (χ0) is 49.5. The van der Waals surface area contributed by atoms with Gasteiger partial charge in [-0.2, -0.15) is 0 Å². The molecule has 68 heavy (non-hydrogen) atoms. The highest BCUT2D eigenvalue weighted by molar-refractivity contribution is 8.17. The van der Waals surface area contributed by atoms with Gasteiger partial charge in [-0.05, 0) is 81.1 Å². The Morgan fingerprint density at radius 3 is 2.26 bits per heavy atom. The third-order valence-corrected chi connectivity index (χ3v) is 17.7. The fourth-order valence-corrected chi connectivity index (χ4v) is 13.3. The van der Waals surface area contributed by atoms with Gasteiger partial charge in [0.25, 0.3) is 0 Å². The van der Waals surface area contributed by atoms with E-state index in [2.05, 4.69) is 5.16 Å². The molecule has 0 radical (unpaired) electrons. The van der Waals surface area contributed by atoms with Gasteiger partial charge in [0, 0.05) is 81.5 Å². The van der Waals surface area contributed by atoms with Crippen molar-refractivity contribution in [2.75, 3.05) is 51.0 Å². The average molecular weight is 985 g/mol. The molecule has 3 aliphatic heterocycles. The predicted molar refractivity (Wildman–Crippen MR) is 268 cm³/mol. The zero-order valence-electron chi connectivity index (χ0n) is 42.0. The molecule has 3 heterocycles. The van der Waals surface area contributed by atoms with Crippen LogP contribution in [0.2, 0.25) is 0 Å². The van der Waals surface area contributed by atoms with E-state index in [-0.39, 0.29) is 78.8 Å². The number of unbranched alkanes of at least 4 members (excludes halogenated alkanes) is 2. The number of hydrogen-bond acceptors (Lipinski definition) is 12. The summed E-state index contributed by atoms with van der Waals surface area (Å²) in [7, 11) is 4.84. The number of rotatable bonds is 28. The Hall–Kier alpha value is -3.47. The van der Waals surface area contributed by atoms with Crippen molar-refractivity contribution in [3.63, 3.8) is 0 Å². The van der Waals surface area contributed by atoms with Crippen molar-refractivity contribution in [1.29, 1.82) is 0 Å². The Morgan fingerprint density at radius 2 is 1.62 bits per heavy atom. The molecule has 5 rings (SSSR count). The number of amides is 3. The first-order chi connectivity index (χ1) is 32.6. The van der Waals surface area contributed by atoms with Gasteiger partial charge in [-0.15, -0.1) is 23.5 Å². The number of piperidine rings is 1. The number of carboxylic acid groups (broad SMARTS) is 1. The lowest BCUT2D eigenvalue weighted by Gasteiger charge is -2.41. The minimum absolute atomic E-state index is 0.00951. The van der Waals surface area contributed by atoms with Gasteiger partial charge in [0.2, 0.25) is 17.7 Å². The van der Waals surface area contributed by atoms with Gasteiger partial charge in [-0.3, -0.25) is 28.8 Å². The van der Waals surface area contributed by atoms with E-state index in [0.717, 1.165) is 60.0 Å². The van der Waals surface area contributed by atoms with Crippen LogP contribution >= 0.6 is 23.5 Å². The summed E-state index contributed by atoms with van der Waals surface area (Å²) in [6.45, 7) is 10.8. The van der Waals surface area contributed by atoms with Crippen LogP contribution < -0.4 is 0 Å². The van der Waals surface area contributed by atoms with Crippen LogP contribution in [0.4, 0.5) is 0 Å². The van der Waals surface area contributed by atoms with Crippen LogP contribution in [0.1, 0.15) is 124 Å². The molecule has 3 saturated heterocycles. The smallest absolute Gasteiger partial charge is 0.307 e. The highest BCUT2D eigenvalue weighted by Gasteiger charge is 2.51. The van der Waals surface area contributed by atoms with Crippen molar-refractivity contribution >= 4 is 64.5 Å². The number of carboxylic acids is 1. The molecule has 1 aromatic rings. The van der Waals surface area contributed by atoms with E-state index in [9.17, 15) is 33.9 Å². The molecule has 1 aromatic carbocycles.